The Balaban J connectivity index is 2.37. The van der Waals surface area contributed by atoms with Crippen molar-refractivity contribution in [3.05, 3.63) is 12.7 Å². The van der Waals surface area contributed by atoms with Crippen LogP contribution in [0.2, 0.25) is 0 Å². The average molecular weight is 278 g/mol. The molecular formula is C16H26N2O2. The standard InChI is InChI=1S/C16H26N2O2/c1-5-12(4)18-13(11(2)3)14(19)17-16(15(18)20)9-7-6-8-10-16/h5,11-13H,1,6-10H2,2-4H3,(H,17,19). The first kappa shape index (κ1) is 15.1. The Morgan fingerprint density at radius 3 is 2.35 bits per heavy atom. The fourth-order valence-corrected chi connectivity index (χ4v) is 3.53. The number of nitrogens with one attached hydrogen (secondary N) is 1. The lowest BCUT2D eigenvalue weighted by molar-refractivity contribution is -0.160. The fraction of sp³-hybridized carbons (Fsp3) is 0.750. The van der Waals surface area contributed by atoms with Crippen molar-refractivity contribution < 1.29 is 9.59 Å². The molecule has 1 saturated carbocycles. The molecule has 4 heteroatoms. The van der Waals surface area contributed by atoms with Gasteiger partial charge in [-0.2, -0.15) is 0 Å². The molecule has 1 aliphatic heterocycles. The smallest absolute Gasteiger partial charge is 0.249 e. The fourth-order valence-electron chi connectivity index (χ4n) is 3.53. The van der Waals surface area contributed by atoms with Gasteiger partial charge in [0, 0.05) is 6.04 Å². The van der Waals surface area contributed by atoms with Crippen molar-refractivity contribution >= 4 is 11.8 Å². The number of piperazine rings is 1. The Kier molecular flexibility index (Phi) is 4.21. The molecule has 1 saturated heterocycles. The van der Waals surface area contributed by atoms with Crippen LogP contribution in [0.15, 0.2) is 12.7 Å². The van der Waals surface area contributed by atoms with E-state index in [0.717, 1.165) is 32.1 Å². The van der Waals surface area contributed by atoms with E-state index in [1.165, 1.54) is 0 Å². The molecule has 1 spiro atoms. The summed E-state index contributed by atoms with van der Waals surface area (Å²) in [5.41, 5.74) is -0.655. The molecule has 0 aromatic carbocycles. The first-order valence-electron chi connectivity index (χ1n) is 7.70. The Bertz CT molecular complexity index is 411. The first-order chi connectivity index (χ1) is 9.43. The van der Waals surface area contributed by atoms with E-state index in [-0.39, 0.29) is 29.8 Å². The van der Waals surface area contributed by atoms with Crippen molar-refractivity contribution in [1.29, 1.82) is 0 Å². The number of carbonyl (C=O) groups is 2. The number of rotatable bonds is 3. The van der Waals surface area contributed by atoms with Crippen molar-refractivity contribution in [1.82, 2.24) is 10.2 Å². The zero-order chi connectivity index (χ0) is 14.9. The third-order valence-corrected chi connectivity index (χ3v) is 4.69. The van der Waals surface area contributed by atoms with Gasteiger partial charge in [-0.1, -0.05) is 39.2 Å². The minimum atomic E-state index is -0.655. The van der Waals surface area contributed by atoms with Crippen molar-refractivity contribution in [2.24, 2.45) is 5.92 Å². The van der Waals surface area contributed by atoms with Crippen LogP contribution in [0.25, 0.3) is 0 Å². The van der Waals surface area contributed by atoms with Crippen LogP contribution in [0.3, 0.4) is 0 Å². The molecule has 2 unspecified atom stereocenters. The SMILES string of the molecule is C=CC(C)N1C(=O)C2(CCCCC2)NC(=O)C1C(C)C. The summed E-state index contributed by atoms with van der Waals surface area (Å²) < 4.78 is 0. The molecule has 1 N–H and O–H groups in total. The summed E-state index contributed by atoms with van der Waals surface area (Å²) in [4.78, 5) is 27.3. The van der Waals surface area contributed by atoms with Gasteiger partial charge < -0.3 is 10.2 Å². The molecule has 112 valence electrons. The van der Waals surface area contributed by atoms with Gasteiger partial charge in [0.1, 0.15) is 11.6 Å². The highest BCUT2D eigenvalue weighted by Crippen LogP contribution is 2.35. The van der Waals surface area contributed by atoms with Gasteiger partial charge in [0.15, 0.2) is 0 Å². The van der Waals surface area contributed by atoms with Gasteiger partial charge in [-0.15, -0.1) is 6.58 Å². The lowest BCUT2D eigenvalue weighted by atomic mass is 9.77. The first-order valence-corrected chi connectivity index (χ1v) is 7.70. The summed E-state index contributed by atoms with van der Waals surface area (Å²) in [5.74, 6) is 0.181. The summed E-state index contributed by atoms with van der Waals surface area (Å²) in [6.07, 6.45) is 6.45. The van der Waals surface area contributed by atoms with E-state index in [4.69, 9.17) is 0 Å². The Morgan fingerprint density at radius 1 is 1.25 bits per heavy atom. The molecule has 0 radical (unpaired) electrons. The van der Waals surface area contributed by atoms with Crippen LogP contribution in [-0.2, 0) is 9.59 Å². The molecular weight excluding hydrogens is 252 g/mol. The predicted octanol–water partition coefficient (Wildman–Crippen LogP) is 2.25. The van der Waals surface area contributed by atoms with Crippen LogP contribution in [0, 0.1) is 5.92 Å². The van der Waals surface area contributed by atoms with E-state index in [2.05, 4.69) is 11.9 Å². The van der Waals surface area contributed by atoms with Crippen LogP contribution >= 0.6 is 0 Å². The van der Waals surface area contributed by atoms with E-state index < -0.39 is 5.54 Å². The Labute approximate surface area is 121 Å². The maximum absolute atomic E-state index is 13.0. The highest BCUT2D eigenvalue weighted by molar-refractivity contribution is 6.00. The molecule has 1 heterocycles. The van der Waals surface area contributed by atoms with E-state index in [1.807, 2.05) is 20.8 Å². The molecule has 2 aliphatic rings. The quantitative estimate of drug-likeness (QED) is 0.805. The van der Waals surface area contributed by atoms with E-state index in [9.17, 15) is 9.59 Å². The van der Waals surface area contributed by atoms with Crippen molar-refractivity contribution in [2.75, 3.05) is 0 Å². The second-order valence-corrected chi connectivity index (χ2v) is 6.51. The molecule has 0 aromatic rings. The van der Waals surface area contributed by atoms with Crippen molar-refractivity contribution in [2.45, 2.75) is 70.5 Å². The maximum Gasteiger partial charge on any atom is 0.249 e. The van der Waals surface area contributed by atoms with Crippen LogP contribution in [-0.4, -0.2) is 34.3 Å². The molecule has 0 aromatic heterocycles. The minimum Gasteiger partial charge on any atom is -0.340 e. The Hall–Kier alpha value is -1.32. The third kappa shape index (κ3) is 2.36. The van der Waals surface area contributed by atoms with Gasteiger partial charge in [0.2, 0.25) is 11.8 Å². The maximum atomic E-state index is 13.0. The molecule has 1 aliphatic carbocycles. The lowest BCUT2D eigenvalue weighted by Gasteiger charge is -2.50. The number of hydrogen-bond acceptors (Lipinski definition) is 2. The molecule has 0 bridgehead atoms. The van der Waals surface area contributed by atoms with E-state index >= 15 is 0 Å². The van der Waals surface area contributed by atoms with Gasteiger partial charge >= 0.3 is 0 Å². The second kappa shape index (κ2) is 5.58. The molecule has 2 amide bonds. The highest BCUT2D eigenvalue weighted by atomic mass is 16.2. The van der Waals surface area contributed by atoms with Gasteiger partial charge in [-0.05, 0) is 25.7 Å². The van der Waals surface area contributed by atoms with Gasteiger partial charge in [0.25, 0.3) is 0 Å². The minimum absolute atomic E-state index is 0.00444. The molecule has 2 atom stereocenters. The largest absolute Gasteiger partial charge is 0.340 e. The molecule has 2 rings (SSSR count). The lowest BCUT2D eigenvalue weighted by Crippen LogP contribution is -2.73. The van der Waals surface area contributed by atoms with Gasteiger partial charge in [-0.25, -0.2) is 0 Å². The van der Waals surface area contributed by atoms with Gasteiger partial charge in [-0.3, -0.25) is 9.59 Å². The van der Waals surface area contributed by atoms with Gasteiger partial charge in [0.05, 0.1) is 0 Å². The summed E-state index contributed by atoms with van der Waals surface area (Å²) in [5, 5.41) is 3.06. The zero-order valence-corrected chi connectivity index (χ0v) is 12.8. The molecule has 20 heavy (non-hydrogen) atoms. The summed E-state index contributed by atoms with van der Waals surface area (Å²) >= 11 is 0. The summed E-state index contributed by atoms with van der Waals surface area (Å²) in [6.45, 7) is 9.71. The van der Waals surface area contributed by atoms with Crippen LogP contribution in [0.5, 0.6) is 0 Å². The van der Waals surface area contributed by atoms with Crippen LogP contribution in [0.4, 0.5) is 0 Å². The second-order valence-electron chi connectivity index (χ2n) is 6.51. The number of nitrogens with zero attached hydrogens (tertiary/aromatic N) is 1. The van der Waals surface area contributed by atoms with Crippen LogP contribution in [0.1, 0.15) is 52.9 Å². The van der Waals surface area contributed by atoms with Crippen molar-refractivity contribution in [3.8, 4) is 0 Å². The number of carbonyl (C=O) groups excluding carboxylic acids is 2. The van der Waals surface area contributed by atoms with E-state index in [0.29, 0.717) is 0 Å². The predicted molar refractivity (Wildman–Crippen MR) is 79.1 cm³/mol. The average Bonchev–Trinajstić information content (AvgIpc) is 2.42. The number of hydrogen-bond donors (Lipinski definition) is 1. The topological polar surface area (TPSA) is 49.4 Å². The monoisotopic (exact) mass is 278 g/mol. The van der Waals surface area contributed by atoms with Crippen molar-refractivity contribution in [3.63, 3.8) is 0 Å². The molecule has 2 fully saturated rings. The number of amides is 2. The molecule has 4 nitrogen and oxygen atoms in total. The van der Waals surface area contributed by atoms with Crippen LogP contribution < -0.4 is 5.32 Å². The zero-order valence-electron chi connectivity index (χ0n) is 12.8. The normalized spacial score (nSPS) is 27.6. The highest BCUT2D eigenvalue weighted by Gasteiger charge is 2.52. The Morgan fingerprint density at radius 2 is 1.85 bits per heavy atom. The summed E-state index contributed by atoms with van der Waals surface area (Å²) in [7, 11) is 0. The third-order valence-electron chi connectivity index (χ3n) is 4.69. The van der Waals surface area contributed by atoms with E-state index in [1.54, 1.807) is 11.0 Å². The summed E-state index contributed by atoms with van der Waals surface area (Å²) in [6, 6.07) is -0.497.